The Balaban J connectivity index is 2.15. The number of pyridine rings is 1. The zero-order valence-corrected chi connectivity index (χ0v) is 8.35. The molecule has 0 aromatic carbocycles. The summed E-state index contributed by atoms with van der Waals surface area (Å²) in [4.78, 5) is 0. The van der Waals surface area contributed by atoms with Gasteiger partial charge in [-0.15, -0.1) is 10.2 Å². The molecule has 5 nitrogen and oxygen atoms in total. The van der Waals surface area contributed by atoms with E-state index in [1.54, 1.807) is 0 Å². The fraction of sp³-hybridized carbons (Fsp3) is 0.400. The molecular formula is C10H13N5. The molecule has 0 radical (unpaired) electrons. The molecule has 0 saturated carbocycles. The van der Waals surface area contributed by atoms with Crippen LogP contribution in [0.4, 0.5) is 5.69 Å². The molecule has 3 N–H and O–H groups in total. The van der Waals surface area contributed by atoms with Gasteiger partial charge in [0.15, 0.2) is 11.5 Å². The average Bonchev–Trinajstić information content (AvgIpc) is 2.85. The highest BCUT2D eigenvalue weighted by molar-refractivity contribution is 5.63. The predicted molar refractivity (Wildman–Crippen MR) is 57.4 cm³/mol. The van der Waals surface area contributed by atoms with Crippen molar-refractivity contribution in [3.05, 3.63) is 24.2 Å². The third-order valence-corrected chi connectivity index (χ3v) is 2.86. The molecule has 2 aromatic rings. The Morgan fingerprint density at radius 1 is 1.47 bits per heavy atom. The Morgan fingerprint density at radius 3 is 3.20 bits per heavy atom. The largest absolute Gasteiger partial charge is 0.396 e. The van der Waals surface area contributed by atoms with E-state index in [0.717, 1.165) is 24.4 Å². The molecule has 0 spiro atoms. The Hall–Kier alpha value is -1.62. The average molecular weight is 203 g/mol. The van der Waals surface area contributed by atoms with Gasteiger partial charge in [-0.2, -0.15) is 0 Å². The van der Waals surface area contributed by atoms with Crippen LogP contribution in [-0.4, -0.2) is 21.1 Å². The monoisotopic (exact) mass is 203 g/mol. The minimum absolute atomic E-state index is 0.321. The number of hydrogen-bond acceptors (Lipinski definition) is 4. The van der Waals surface area contributed by atoms with E-state index in [9.17, 15) is 0 Å². The SMILES string of the molecule is Nc1cccn2c(C3CCCN3)nnc12. The van der Waals surface area contributed by atoms with Crippen molar-refractivity contribution in [2.75, 3.05) is 12.3 Å². The molecule has 3 heterocycles. The van der Waals surface area contributed by atoms with E-state index in [0.29, 0.717) is 11.7 Å². The lowest BCUT2D eigenvalue weighted by Crippen LogP contribution is -2.15. The molecule has 1 saturated heterocycles. The first-order valence-corrected chi connectivity index (χ1v) is 5.19. The summed E-state index contributed by atoms with van der Waals surface area (Å²) in [6, 6.07) is 4.09. The maximum absolute atomic E-state index is 5.82. The van der Waals surface area contributed by atoms with E-state index in [4.69, 9.17) is 5.73 Å². The number of fused-ring (bicyclic) bond motifs is 1. The molecule has 2 aromatic heterocycles. The van der Waals surface area contributed by atoms with E-state index in [1.807, 2.05) is 22.7 Å². The van der Waals surface area contributed by atoms with Gasteiger partial charge in [-0.25, -0.2) is 0 Å². The van der Waals surface area contributed by atoms with Crippen LogP contribution in [0.2, 0.25) is 0 Å². The predicted octanol–water partition coefficient (Wildman–Crippen LogP) is 0.736. The smallest absolute Gasteiger partial charge is 0.184 e. The molecule has 1 aliphatic heterocycles. The molecule has 1 atom stereocenters. The first kappa shape index (κ1) is 8.67. The quantitative estimate of drug-likeness (QED) is 0.717. The van der Waals surface area contributed by atoms with Crippen molar-refractivity contribution in [1.29, 1.82) is 0 Å². The number of nitrogens with two attached hydrogens (primary N) is 1. The second-order valence-electron chi connectivity index (χ2n) is 3.86. The first-order chi connectivity index (χ1) is 7.36. The van der Waals surface area contributed by atoms with Crippen molar-refractivity contribution < 1.29 is 0 Å². The van der Waals surface area contributed by atoms with Crippen LogP contribution < -0.4 is 11.1 Å². The van der Waals surface area contributed by atoms with Gasteiger partial charge in [-0.3, -0.25) is 4.40 Å². The number of anilines is 1. The molecular weight excluding hydrogens is 190 g/mol. The number of nitrogen functional groups attached to an aromatic ring is 1. The van der Waals surface area contributed by atoms with Crippen molar-refractivity contribution >= 4 is 11.3 Å². The number of aromatic nitrogens is 3. The van der Waals surface area contributed by atoms with Gasteiger partial charge in [0.2, 0.25) is 0 Å². The summed E-state index contributed by atoms with van der Waals surface area (Å²) in [5.74, 6) is 0.967. The van der Waals surface area contributed by atoms with Crippen LogP contribution in [0.5, 0.6) is 0 Å². The van der Waals surface area contributed by atoms with Gasteiger partial charge in [-0.1, -0.05) is 0 Å². The van der Waals surface area contributed by atoms with E-state index in [-0.39, 0.29) is 0 Å². The lowest BCUT2D eigenvalue weighted by molar-refractivity contribution is 0.598. The normalized spacial score (nSPS) is 21.2. The van der Waals surface area contributed by atoms with Gasteiger partial charge < -0.3 is 11.1 Å². The molecule has 3 rings (SSSR count). The van der Waals surface area contributed by atoms with Gasteiger partial charge in [0.1, 0.15) is 0 Å². The summed E-state index contributed by atoms with van der Waals surface area (Å²) in [7, 11) is 0. The van der Waals surface area contributed by atoms with Crippen molar-refractivity contribution in [2.45, 2.75) is 18.9 Å². The van der Waals surface area contributed by atoms with Gasteiger partial charge in [-0.05, 0) is 31.5 Å². The molecule has 0 aliphatic carbocycles. The Labute approximate surface area is 87.3 Å². The summed E-state index contributed by atoms with van der Waals surface area (Å²) in [6.45, 7) is 1.06. The molecule has 0 bridgehead atoms. The molecule has 1 fully saturated rings. The lowest BCUT2D eigenvalue weighted by Gasteiger charge is -2.07. The fourth-order valence-corrected chi connectivity index (χ4v) is 2.10. The minimum atomic E-state index is 0.321. The van der Waals surface area contributed by atoms with Crippen molar-refractivity contribution in [3.8, 4) is 0 Å². The summed E-state index contributed by atoms with van der Waals surface area (Å²) in [5, 5.41) is 11.7. The number of rotatable bonds is 1. The minimum Gasteiger partial charge on any atom is -0.396 e. The summed E-state index contributed by atoms with van der Waals surface area (Å²) in [5.41, 5.74) is 7.25. The van der Waals surface area contributed by atoms with Gasteiger partial charge in [0, 0.05) is 6.20 Å². The summed E-state index contributed by atoms with van der Waals surface area (Å²) < 4.78 is 1.97. The molecule has 5 heteroatoms. The van der Waals surface area contributed by atoms with Gasteiger partial charge in [0.05, 0.1) is 11.7 Å². The van der Waals surface area contributed by atoms with Crippen LogP contribution in [0, 0.1) is 0 Å². The lowest BCUT2D eigenvalue weighted by atomic mass is 10.2. The number of nitrogens with one attached hydrogen (secondary N) is 1. The molecule has 78 valence electrons. The van der Waals surface area contributed by atoms with Crippen molar-refractivity contribution in [2.24, 2.45) is 0 Å². The van der Waals surface area contributed by atoms with Crippen LogP contribution >= 0.6 is 0 Å². The third-order valence-electron chi connectivity index (χ3n) is 2.86. The van der Waals surface area contributed by atoms with Gasteiger partial charge >= 0.3 is 0 Å². The molecule has 1 unspecified atom stereocenters. The first-order valence-electron chi connectivity index (χ1n) is 5.19. The van der Waals surface area contributed by atoms with E-state index >= 15 is 0 Å². The van der Waals surface area contributed by atoms with Crippen molar-refractivity contribution in [1.82, 2.24) is 19.9 Å². The van der Waals surface area contributed by atoms with E-state index in [1.165, 1.54) is 6.42 Å². The van der Waals surface area contributed by atoms with Crippen LogP contribution in [0.15, 0.2) is 18.3 Å². The Kier molecular flexibility index (Phi) is 1.85. The third kappa shape index (κ3) is 1.27. The highest BCUT2D eigenvalue weighted by atomic mass is 15.3. The highest BCUT2D eigenvalue weighted by Crippen LogP contribution is 2.23. The van der Waals surface area contributed by atoms with Gasteiger partial charge in [0.25, 0.3) is 0 Å². The van der Waals surface area contributed by atoms with E-state index < -0.39 is 0 Å². The van der Waals surface area contributed by atoms with E-state index in [2.05, 4.69) is 15.5 Å². The molecule has 0 amide bonds. The van der Waals surface area contributed by atoms with Crippen molar-refractivity contribution in [3.63, 3.8) is 0 Å². The van der Waals surface area contributed by atoms with Crippen LogP contribution in [0.25, 0.3) is 5.65 Å². The van der Waals surface area contributed by atoms with Crippen LogP contribution in [0.3, 0.4) is 0 Å². The molecule has 1 aliphatic rings. The maximum Gasteiger partial charge on any atom is 0.184 e. The van der Waals surface area contributed by atoms with Crippen LogP contribution in [0.1, 0.15) is 24.7 Å². The Bertz CT molecular complexity index is 484. The zero-order valence-electron chi connectivity index (χ0n) is 8.35. The Morgan fingerprint density at radius 2 is 2.40 bits per heavy atom. The fourth-order valence-electron chi connectivity index (χ4n) is 2.10. The van der Waals surface area contributed by atoms with Crippen LogP contribution in [-0.2, 0) is 0 Å². The highest BCUT2D eigenvalue weighted by Gasteiger charge is 2.21. The topological polar surface area (TPSA) is 68.2 Å². The second kappa shape index (κ2) is 3.20. The zero-order chi connectivity index (χ0) is 10.3. The standard InChI is InChI=1S/C10H13N5/c11-7-3-2-6-15-9(7)13-14-10(15)8-4-1-5-12-8/h2-3,6,8,12H,1,4-5,11H2. The summed E-state index contributed by atoms with van der Waals surface area (Å²) in [6.07, 6.45) is 4.28. The maximum atomic E-state index is 5.82. The second-order valence-corrected chi connectivity index (χ2v) is 3.86. The number of nitrogens with zero attached hydrogens (tertiary/aromatic N) is 3. The molecule has 15 heavy (non-hydrogen) atoms. The summed E-state index contributed by atoms with van der Waals surface area (Å²) >= 11 is 0. The number of hydrogen-bond donors (Lipinski definition) is 2.